The SMILES string of the molecule is CC(C)(C)NC(N)=NC1CC1c1ccc(Br)cc1. The van der Waals surface area contributed by atoms with E-state index in [2.05, 4.69) is 71.3 Å². The van der Waals surface area contributed by atoms with Crippen LogP contribution < -0.4 is 11.1 Å². The zero-order valence-electron chi connectivity index (χ0n) is 11.1. The van der Waals surface area contributed by atoms with Gasteiger partial charge in [0.1, 0.15) is 0 Å². The normalized spacial score (nSPS) is 23.9. The molecule has 18 heavy (non-hydrogen) atoms. The second kappa shape index (κ2) is 4.92. The topological polar surface area (TPSA) is 50.4 Å². The van der Waals surface area contributed by atoms with Crippen molar-refractivity contribution < 1.29 is 0 Å². The van der Waals surface area contributed by atoms with E-state index in [1.807, 2.05) is 0 Å². The van der Waals surface area contributed by atoms with Crippen LogP contribution in [0.3, 0.4) is 0 Å². The Bertz CT molecular complexity index is 445. The van der Waals surface area contributed by atoms with Crippen LogP contribution in [0, 0.1) is 0 Å². The maximum absolute atomic E-state index is 5.90. The van der Waals surface area contributed by atoms with Crippen LogP contribution in [0.1, 0.15) is 38.7 Å². The van der Waals surface area contributed by atoms with Crippen molar-refractivity contribution in [1.82, 2.24) is 5.32 Å². The minimum atomic E-state index is -0.0322. The number of hydrogen-bond acceptors (Lipinski definition) is 1. The lowest BCUT2D eigenvalue weighted by atomic mass is 10.1. The van der Waals surface area contributed by atoms with Crippen molar-refractivity contribution in [1.29, 1.82) is 0 Å². The third kappa shape index (κ3) is 3.73. The molecule has 4 heteroatoms. The minimum absolute atomic E-state index is 0.0322. The molecule has 0 aromatic heterocycles. The first-order valence-corrected chi connectivity index (χ1v) is 7.01. The molecule has 3 N–H and O–H groups in total. The number of hydrogen-bond donors (Lipinski definition) is 2. The quantitative estimate of drug-likeness (QED) is 0.652. The molecule has 0 heterocycles. The van der Waals surface area contributed by atoms with Gasteiger partial charge in [-0.15, -0.1) is 0 Å². The Labute approximate surface area is 117 Å². The molecular formula is C14H20BrN3. The standard InChI is InChI=1S/C14H20BrN3/c1-14(2,3)18-13(16)17-12-8-11(12)9-4-6-10(15)7-5-9/h4-7,11-12H,8H2,1-3H3,(H3,16,17,18). The van der Waals surface area contributed by atoms with Gasteiger partial charge in [-0.05, 0) is 44.9 Å². The van der Waals surface area contributed by atoms with Crippen LogP contribution in [0.25, 0.3) is 0 Å². The second-order valence-corrected chi connectivity index (χ2v) is 6.77. The van der Waals surface area contributed by atoms with E-state index in [4.69, 9.17) is 5.73 Å². The lowest BCUT2D eigenvalue weighted by Crippen LogP contribution is -2.45. The van der Waals surface area contributed by atoms with Crippen LogP contribution >= 0.6 is 15.9 Å². The maximum Gasteiger partial charge on any atom is 0.189 e. The highest BCUT2D eigenvalue weighted by Gasteiger charge is 2.38. The summed E-state index contributed by atoms with van der Waals surface area (Å²) in [4.78, 5) is 4.53. The Morgan fingerprint density at radius 2 is 1.94 bits per heavy atom. The number of nitrogens with one attached hydrogen (secondary N) is 1. The van der Waals surface area contributed by atoms with Crippen LogP contribution in [0.2, 0.25) is 0 Å². The van der Waals surface area contributed by atoms with E-state index in [0.717, 1.165) is 10.9 Å². The van der Waals surface area contributed by atoms with Crippen molar-refractivity contribution in [3.05, 3.63) is 34.3 Å². The van der Waals surface area contributed by atoms with Gasteiger partial charge in [0.2, 0.25) is 0 Å². The maximum atomic E-state index is 5.90. The lowest BCUT2D eigenvalue weighted by Gasteiger charge is -2.21. The first-order valence-electron chi connectivity index (χ1n) is 6.22. The molecule has 1 aliphatic rings. The summed E-state index contributed by atoms with van der Waals surface area (Å²) in [6, 6.07) is 8.78. The van der Waals surface area contributed by atoms with Crippen molar-refractivity contribution in [3.8, 4) is 0 Å². The summed E-state index contributed by atoms with van der Waals surface area (Å²) in [6.07, 6.45) is 1.09. The molecule has 1 saturated carbocycles. The number of rotatable bonds is 2. The van der Waals surface area contributed by atoms with Gasteiger partial charge in [-0.1, -0.05) is 28.1 Å². The Hall–Kier alpha value is -1.03. The van der Waals surface area contributed by atoms with Crippen LogP contribution in [-0.4, -0.2) is 17.5 Å². The monoisotopic (exact) mass is 309 g/mol. The predicted molar refractivity (Wildman–Crippen MR) is 79.8 cm³/mol. The summed E-state index contributed by atoms with van der Waals surface area (Å²) in [5.41, 5.74) is 7.21. The Morgan fingerprint density at radius 1 is 1.33 bits per heavy atom. The number of aliphatic imine (C=N–C) groups is 1. The molecule has 2 rings (SSSR count). The summed E-state index contributed by atoms with van der Waals surface area (Å²) in [5, 5.41) is 3.19. The zero-order valence-corrected chi connectivity index (χ0v) is 12.7. The fraction of sp³-hybridized carbons (Fsp3) is 0.500. The van der Waals surface area contributed by atoms with Gasteiger partial charge in [-0.3, -0.25) is 0 Å². The van der Waals surface area contributed by atoms with Gasteiger partial charge in [0, 0.05) is 15.9 Å². The highest BCUT2D eigenvalue weighted by atomic mass is 79.9. The molecule has 0 aliphatic heterocycles. The van der Waals surface area contributed by atoms with Crippen LogP contribution in [0.15, 0.2) is 33.7 Å². The number of nitrogens with two attached hydrogens (primary N) is 1. The lowest BCUT2D eigenvalue weighted by molar-refractivity contribution is 0.508. The zero-order chi connectivity index (χ0) is 13.3. The molecule has 0 radical (unpaired) electrons. The van der Waals surface area contributed by atoms with E-state index in [1.54, 1.807) is 0 Å². The van der Waals surface area contributed by atoms with Gasteiger partial charge in [-0.2, -0.15) is 0 Å². The molecule has 1 fully saturated rings. The third-order valence-corrected chi connectivity index (χ3v) is 3.39. The van der Waals surface area contributed by atoms with Crippen LogP contribution in [0.4, 0.5) is 0 Å². The predicted octanol–water partition coefficient (Wildman–Crippen LogP) is 3.01. The Morgan fingerprint density at radius 3 is 2.50 bits per heavy atom. The highest BCUT2D eigenvalue weighted by molar-refractivity contribution is 9.10. The number of halogens is 1. The van der Waals surface area contributed by atoms with E-state index in [0.29, 0.717) is 17.9 Å². The molecule has 0 spiro atoms. The summed E-state index contributed by atoms with van der Waals surface area (Å²) < 4.78 is 1.11. The summed E-state index contributed by atoms with van der Waals surface area (Å²) in [6.45, 7) is 6.23. The fourth-order valence-electron chi connectivity index (χ4n) is 1.99. The molecular weight excluding hydrogens is 290 g/mol. The minimum Gasteiger partial charge on any atom is -0.370 e. The van der Waals surface area contributed by atoms with Gasteiger partial charge in [0.15, 0.2) is 5.96 Å². The average Bonchev–Trinajstić information content (AvgIpc) is 2.95. The van der Waals surface area contributed by atoms with Gasteiger partial charge in [0.25, 0.3) is 0 Å². The van der Waals surface area contributed by atoms with Crippen molar-refractivity contribution in [2.75, 3.05) is 0 Å². The molecule has 2 unspecified atom stereocenters. The fourth-order valence-corrected chi connectivity index (χ4v) is 2.25. The van der Waals surface area contributed by atoms with E-state index >= 15 is 0 Å². The number of nitrogens with zero attached hydrogens (tertiary/aromatic N) is 1. The summed E-state index contributed by atoms with van der Waals surface area (Å²) in [5.74, 6) is 1.07. The van der Waals surface area contributed by atoms with E-state index < -0.39 is 0 Å². The van der Waals surface area contributed by atoms with E-state index in [9.17, 15) is 0 Å². The molecule has 0 amide bonds. The Balaban J connectivity index is 1.95. The van der Waals surface area contributed by atoms with Gasteiger partial charge >= 0.3 is 0 Å². The molecule has 2 atom stereocenters. The molecule has 1 aromatic rings. The van der Waals surface area contributed by atoms with Crippen molar-refractivity contribution in [2.45, 2.75) is 44.7 Å². The van der Waals surface area contributed by atoms with Crippen molar-refractivity contribution in [3.63, 3.8) is 0 Å². The molecule has 1 aliphatic carbocycles. The largest absolute Gasteiger partial charge is 0.370 e. The Kier molecular flexibility index (Phi) is 3.66. The number of guanidine groups is 1. The molecule has 98 valence electrons. The van der Waals surface area contributed by atoms with Gasteiger partial charge in [-0.25, -0.2) is 4.99 Å². The van der Waals surface area contributed by atoms with E-state index in [1.165, 1.54) is 5.56 Å². The molecule has 0 saturated heterocycles. The molecule has 0 bridgehead atoms. The van der Waals surface area contributed by atoms with Gasteiger partial charge in [0.05, 0.1) is 6.04 Å². The van der Waals surface area contributed by atoms with Crippen molar-refractivity contribution >= 4 is 21.9 Å². The van der Waals surface area contributed by atoms with Gasteiger partial charge < -0.3 is 11.1 Å². The van der Waals surface area contributed by atoms with Crippen LogP contribution in [0.5, 0.6) is 0 Å². The number of benzene rings is 1. The van der Waals surface area contributed by atoms with Crippen molar-refractivity contribution in [2.24, 2.45) is 10.7 Å². The first-order chi connectivity index (χ1) is 8.35. The molecule has 1 aromatic carbocycles. The first kappa shape index (κ1) is 13.4. The smallest absolute Gasteiger partial charge is 0.189 e. The highest BCUT2D eigenvalue weighted by Crippen LogP contribution is 2.43. The second-order valence-electron chi connectivity index (χ2n) is 5.85. The average molecular weight is 310 g/mol. The molecule has 3 nitrogen and oxygen atoms in total. The third-order valence-electron chi connectivity index (χ3n) is 2.86. The van der Waals surface area contributed by atoms with E-state index in [-0.39, 0.29) is 5.54 Å². The van der Waals surface area contributed by atoms with Crippen LogP contribution in [-0.2, 0) is 0 Å². The summed E-state index contributed by atoms with van der Waals surface area (Å²) >= 11 is 3.45. The summed E-state index contributed by atoms with van der Waals surface area (Å²) in [7, 11) is 0.